The molecule has 3 heterocycles. The maximum absolute atomic E-state index is 13.0. The van der Waals surface area contributed by atoms with Gasteiger partial charge in [-0.25, -0.2) is 0 Å². The van der Waals surface area contributed by atoms with Crippen molar-refractivity contribution in [2.75, 3.05) is 13.2 Å². The van der Waals surface area contributed by atoms with Crippen LogP contribution in [0.3, 0.4) is 0 Å². The largest absolute Gasteiger partial charge is 0.395 e. The molecule has 6 nitrogen and oxygen atoms in total. The summed E-state index contributed by atoms with van der Waals surface area (Å²) in [6, 6.07) is 13.3. The summed E-state index contributed by atoms with van der Waals surface area (Å²) in [6.07, 6.45) is 4.20. The molecule has 1 aliphatic heterocycles. The highest BCUT2D eigenvalue weighted by atomic mass is 16.3. The molecule has 132 valence electrons. The number of nitrogens with one attached hydrogen (secondary N) is 1. The Morgan fingerprint density at radius 1 is 1.19 bits per heavy atom. The number of hydrogen-bond donors (Lipinski definition) is 2. The Balaban J connectivity index is 1.60. The third kappa shape index (κ3) is 2.99. The van der Waals surface area contributed by atoms with Gasteiger partial charge in [-0.1, -0.05) is 30.3 Å². The number of carbonyl (C=O) groups is 1. The number of aliphatic hydroxyl groups excluding tert-OH is 1. The molecule has 0 saturated carbocycles. The van der Waals surface area contributed by atoms with Crippen molar-refractivity contribution in [1.82, 2.24) is 20.1 Å². The van der Waals surface area contributed by atoms with E-state index in [0.717, 1.165) is 34.5 Å². The summed E-state index contributed by atoms with van der Waals surface area (Å²) in [5.74, 6) is -0.583. The van der Waals surface area contributed by atoms with Crippen LogP contribution < -0.4 is 0 Å². The van der Waals surface area contributed by atoms with Crippen LogP contribution in [0.25, 0.3) is 11.3 Å². The highest BCUT2D eigenvalue weighted by molar-refractivity contribution is 5.84. The van der Waals surface area contributed by atoms with Crippen molar-refractivity contribution in [3.05, 3.63) is 71.7 Å². The van der Waals surface area contributed by atoms with Crippen molar-refractivity contribution >= 4 is 5.91 Å². The molecule has 26 heavy (non-hydrogen) atoms. The van der Waals surface area contributed by atoms with Crippen molar-refractivity contribution < 1.29 is 9.90 Å². The first-order valence-corrected chi connectivity index (χ1v) is 8.69. The first-order chi connectivity index (χ1) is 12.8. The first-order valence-electron chi connectivity index (χ1n) is 8.69. The van der Waals surface area contributed by atoms with Gasteiger partial charge in [-0.15, -0.1) is 0 Å². The number of hydrogen-bond acceptors (Lipinski definition) is 4. The Morgan fingerprint density at radius 2 is 1.96 bits per heavy atom. The van der Waals surface area contributed by atoms with Crippen molar-refractivity contribution in [2.24, 2.45) is 0 Å². The van der Waals surface area contributed by atoms with Crippen molar-refractivity contribution in [3.63, 3.8) is 0 Å². The van der Waals surface area contributed by atoms with Gasteiger partial charge in [0, 0.05) is 48.7 Å². The van der Waals surface area contributed by atoms with E-state index < -0.39 is 5.92 Å². The number of aromatic amines is 1. The molecular weight excluding hydrogens is 328 g/mol. The summed E-state index contributed by atoms with van der Waals surface area (Å²) in [5, 5.41) is 17.3. The third-order valence-electron chi connectivity index (χ3n) is 4.88. The van der Waals surface area contributed by atoms with Crippen LogP contribution in [0, 0.1) is 0 Å². The molecule has 1 unspecified atom stereocenters. The van der Waals surface area contributed by atoms with Gasteiger partial charge in [-0.05, 0) is 17.7 Å². The predicted molar refractivity (Wildman–Crippen MR) is 97.2 cm³/mol. The number of carbonyl (C=O) groups excluding carboxylic acids is 1. The van der Waals surface area contributed by atoms with E-state index >= 15 is 0 Å². The molecule has 1 amide bonds. The number of rotatable bonds is 4. The predicted octanol–water partition coefficient (Wildman–Crippen LogP) is 2.13. The molecule has 0 radical (unpaired) electrons. The van der Waals surface area contributed by atoms with Crippen molar-refractivity contribution in [3.8, 4) is 11.3 Å². The maximum atomic E-state index is 13.0. The molecule has 1 aliphatic rings. The average Bonchev–Trinajstić information content (AvgIpc) is 3.13. The fraction of sp³-hybridized carbons (Fsp3) is 0.250. The van der Waals surface area contributed by atoms with Crippen molar-refractivity contribution in [2.45, 2.75) is 18.9 Å². The minimum atomic E-state index is -0.533. The minimum absolute atomic E-state index is 0.0498. The molecule has 1 atom stereocenters. The Labute approximate surface area is 151 Å². The zero-order valence-electron chi connectivity index (χ0n) is 14.3. The van der Waals surface area contributed by atoms with Gasteiger partial charge < -0.3 is 10.0 Å². The van der Waals surface area contributed by atoms with Gasteiger partial charge in [0.2, 0.25) is 5.91 Å². The smallest absolute Gasteiger partial charge is 0.232 e. The second kappa shape index (κ2) is 7.09. The van der Waals surface area contributed by atoms with E-state index in [4.69, 9.17) is 0 Å². The molecule has 6 heteroatoms. The maximum Gasteiger partial charge on any atom is 0.232 e. The standard InChI is InChI=1S/C20H20N4O2/c25-13-17(14-4-2-1-3-5-14)20(26)24-11-8-18-16(12-24)19(23-22-18)15-6-9-21-10-7-15/h1-7,9-10,17,25H,8,11-13H2,(H,22,23). The molecule has 0 saturated heterocycles. The SMILES string of the molecule is O=C(C(CO)c1ccccc1)N1CCc2[nH]nc(-c3ccncc3)c2C1. The van der Waals surface area contributed by atoms with E-state index in [1.165, 1.54) is 0 Å². The monoisotopic (exact) mass is 348 g/mol. The molecule has 0 bridgehead atoms. The van der Waals surface area contributed by atoms with Gasteiger partial charge in [0.15, 0.2) is 0 Å². The zero-order chi connectivity index (χ0) is 17.9. The normalized spacial score (nSPS) is 14.7. The molecular formula is C20H20N4O2. The van der Waals surface area contributed by atoms with E-state index in [1.54, 1.807) is 12.4 Å². The molecule has 2 N–H and O–H groups in total. The fourth-order valence-corrected chi connectivity index (χ4v) is 3.46. The molecule has 0 aliphatic carbocycles. The number of H-pyrrole nitrogens is 1. The number of nitrogens with zero attached hydrogens (tertiary/aromatic N) is 3. The first kappa shape index (κ1) is 16.5. The summed E-state index contributed by atoms with van der Waals surface area (Å²) in [6.45, 7) is 0.910. The number of pyridine rings is 1. The third-order valence-corrected chi connectivity index (χ3v) is 4.88. The van der Waals surface area contributed by atoms with E-state index in [9.17, 15) is 9.90 Å². The summed E-state index contributed by atoms with van der Waals surface area (Å²) < 4.78 is 0. The Bertz CT molecular complexity index is 893. The van der Waals surface area contributed by atoms with Crippen LogP contribution in [0.15, 0.2) is 54.9 Å². The zero-order valence-corrected chi connectivity index (χ0v) is 14.3. The summed E-state index contributed by atoms with van der Waals surface area (Å²) in [5.41, 5.74) is 4.79. The lowest BCUT2D eigenvalue weighted by molar-refractivity contribution is -0.134. The average molecular weight is 348 g/mol. The number of fused-ring (bicyclic) bond motifs is 1. The van der Waals surface area contributed by atoms with Gasteiger partial charge in [0.25, 0.3) is 0 Å². The summed E-state index contributed by atoms with van der Waals surface area (Å²) in [7, 11) is 0. The van der Waals surface area contributed by atoms with Gasteiger partial charge in [0.1, 0.15) is 0 Å². The highest BCUT2D eigenvalue weighted by Gasteiger charge is 2.30. The lowest BCUT2D eigenvalue weighted by Gasteiger charge is -2.30. The molecule has 4 rings (SSSR count). The number of aromatic nitrogens is 3. The second-order valence-corrected chi connectivity index (χ2v) is 6.42. The van der Waals surface area contributed by atoms with Crippen LogP contribution in [-0.2, 0) is 17.8 Å². The van der Waals surface area contributed by atoms with Crippen LogP contribution in [0.5, 0.6) is 0 Å². The van der Waals surface area contributed by atoms with Gasteiger partial charge in [-0.3, -0.25) is 14.9 Å². The van der Waals surface area contributed by atoms with Crippen LogP contribution >= 0.6 is 0 Å². The summed E-state index contributed by atoms with van der Waals surface area (Å²) in [4.78, 5) is 18.9. The Hall–Kier alpha value is -2.99. The van der Waals surface area contributed by atoms with Crippen LogP contribution in [0.4, 0.5) is 0 Å². The van der Waals surface area contributed by atoms with Crippen LogP contribution in [-0.4, -0.2) is 44.2 Å². The van der Waals surface area contributed by atoms with Crippen LogP contribution in [0.2, 0.25) is 0 Å². The Kier molecular flexibility index (Phi) is 4.50. The number of benzene rings is 1. The highest BCUT2D eigenvalue weighted by Crippen LogP contribution is 2.29. The number of amides is 1. The van der Waals surface area contributed by atoms with E-state index in [0.29, 0.717) is 13.1 Å². The van der Waals surface area contributed by atoms with Gasteiger partial charge in [-0.2, -0.15) is 5.10 Å². The van der Waals surface area contributed by atoms with E-state index in [-0.39, 0.29) is 12.5 Å². The summed E-state index contributed by atoms with van der Waals surface area (Å²) >= 11 is 0. The molecule has 0 fully saturated rings. The minimum Gasteiger partial charge on any atom is -0.395 e. The lowest BCUT2D eigenvalue weighted by Crippen LogP contribution is -2.40. The quantitative estimate of drug-likeness (QED) is 0.757. The lowest BCUT2D eigenvalue weighted by atomic mass is 9.96. The van der Waals surface area contributed by atoms with Crippen LogP contribution in [0.1, 0.15) is 22.7 Å². The van der Waals surface area contributed by atoms with Gasteiger partial charge in [0.05, 0.1) is 18.2 Å². The molecule has 2 aromatic heterocycles. The topological polar surface area (TPSA) is 82.1 Å². The van der Waals surface area contributed by atoms with Crippen molar-refractivity contribution in [1.29, 1.82) is 0 Å². The molecule has 1 aromatic carbocycles. The Morgan fingerprint density at radius 3 is 2.69 bits per heavy atom. The van der Waals surface area contributed by atoms with Gasteiger partial charge >= 0.3 is 0 Å². The fourth-order valence-electron chi connectivity index (χ4n) is 3.46. The van der Waals surface area contributed by atoms with E-state index in [1.807, 2.05) is 47.4 Å². The molecule has 0 spiro atoms. The van der Waals surface area contributed by atoms with E-state index in [2.05, 4.69) is 15.2 Å². The molecule has 3 aromatic rings. The second-order valence-electron chi connectivity index (χ2n) is 6.42. The number of aliphatic hydroxyl groups is 1.